The highest BCUT2D eigenvalue weighted by Crippen LogP contribution is 2.27. The minimum atomic E-state index is -1.00. The van der Waals surface area contributed by atoms with Gasteiger partial charge in [-0.3, -0.25) is 0 Å². The van der Waals surface area contributed by atoms with Crippen LogP contribution < -0.4 is 4.74 Å². The predicted octanol–water partition coefficient (Wildman–Crippen LogP) is 2.41. The molecule has 0 saturated carbocycles. The Kier molecular flexibility index (Phi) is 3.14. The lowest BCUT2D eigenvalue weighted by Gasteiger charge is -2.11. The van der Waals surface area contributed by atoms with E-state index in [-0.39, 0.29) is 5.57 Å². The van der Waals surface area contributed by atoms with Crippen molar-refractivity contribution < 1.29 is 14.6 Å². The first-order valence-corrected chi connectivity index (χ1v) is 4.55. The number of methoxy groups -OCH3 is 1. The summed E-state index contributed by atoms with van der Waals surface area (Å²) in [5, 5.41) is 8.81. The summed E-state index contributed by atoms with van der Waals surface area (Å²) >= 11 is 0. The van der Waals surface area contributed by atoms with Crippen molar-refractivity contribution in [3.05, 3.63) is 35.4 Å². The molecule has 0 aliphatic rings. The molecule has 0 aliphatic heterocycles. The van der Waals surface area contributed by atoms with Crippen molar-refractivity contribution in [3.8, 4) is 5.75 Å². The first-order valence-electron chi connectivity index (χ1n) is 4.55. The molecule has 0 aromatic heterocycles. The lowest BCUT2D eigenvalue weighted by molar-refractivity contribution is -0.130. The molecule has 3 heteroatoms. The van der Waals surface area contributed by atoms with Gasteiger partial charge in [0, 0.05) is 0 Å². The molecule has 0 aliphatic carbocycles. The Labute approximate surface area is 89.0 Å². The second-order valence-corrected chi connectivity index (χ2v) is 3.43. The monoisotopic (exact) mass is 206 g/mol. The number of carbonyl (C=O) groups is 1. The lowest BCUT2D eigenvalue weighted by atomic mass is 10.0. The molecule has 15 heavy (non-hydrogen) atoms. The van der Waals surface area contributed by atoms with E-state index in [0.717, 1.165) is 16.9 Å². The minimum Gasteiger partial charge on any atom is -0.496 e. The van der Waals surface area contributed by atoms with Gasteiger partial charge in [-0.25, -0.2) is 4.79 Å². The standard InChI is InChI=1S/C12H14O3/c1-7-5-10(9(3)12(13)14)6-8(2)11(7)15-4/h5-6H,3H2,1-2,4H3,(H,13,14). The third-order valence-electron chi connectivity index (χ3n) is 2.27. The largest absolute Gasteiger partial charge is 0.496 e. The fourth-order valence-corrected chi connectivity index (χ4v) is 1.57. The summed E-state index contributed by atoms with van der Waals surface area (Å²) in [4.78, 5) is 10.7. The van der Waals surface area contributed by atoms with Gasteiger partial charge in [0.2, 0.25) is 0 Å². The Hall–Kier alpha value is -1.77. The van der Waals surface area contributed by atoms with Crippen LogP contribution in [0.15, 0.2) is 18.7 Å². The highest BCUT2D eigenvalue weighted by atomic mass is 16.5. The molecule has 0 amide bonds. The molecule has 1 rings (SSSR count). The number of ether oxygens (including phenoxy) is 1. The summed E-state index contributed by atoms with van der Waals surface area (Å²) in [5.74, 6) is -0.212. The van der Waals surface area contributed by atoms with Gasteiger partial charge in [-0.2, -0.15) is 0 Å². The smallest absolute Gasteiger partial charge is 0.335 e. The van der Waals surface area contributed by atoms with E-state index in [2.05, 4.69) is 6.58 Å². The van der Waals surface area contributed by atoms with E-state index >= 15 is 0 Å². The summed E-state index contributed by atoms with van der Waals surface area (Å²) in [5.41, 5.74) is 2.55. The van der Waals surface area contributed by atoms with E-state index < -0.39 is 5.97 Å². The van der Waals surface area contributed by atoms with Crippen LogP contribution in [0.1, 0.15) is 16.7 Å². The lowest BCUT2D eigenvalue weighted by Crippen LogP contribution is -2.00. The van der Waals surface area contributed by atoms with Crippen LogP contribution in [0.2, 0.25) is 0 Å². The first-order chi connectivity index (χ1) is 6.97. The molecular weight excluding hydrogens is 192 g/mol. The van der Waals surface area contributed by atoms with E-state index in [0.29, 0.717) is 5.56 Å². The summed E-state index contributed by atoms with van der Waals surface area (Å²) in [6.45, 7) is 7.28. The quantitative estimate of drug-likeness (QED) is 0.772. The normalized spacial score (nSPS) is 9.80. The average molecular weight is 206 g/mol. The Morgan fingerprint density at radius 1 is 1.33 bits per heavy atom. The van der Waals surface area contributed by atoms with E-state index in [4.69, 9.17) is 9.84 Å². The molecule has 0 spiro atoms. The molecular formula is C12H14O3. The maximum atomic E-state index is 10.7. The summed E-state index contributed by atoms with van der Waals surface area (Å²) in [6, 6.07) is 3.53. The van der Waals surface area contributed by atoms with Crippen molar-refractivity contribution in [2.75, 3.05) is 7.11 Å². The molecule has 80 valence electrons. The Balaban J connectivity index is 3.26. The van der Waals surface area contributed by atoms with Crippen LogP contribution in [0.4, 0.5) is 0 Å². The van der Waals surface area contributed by atoms with Crippen molar-refractivity contribution in [2.24, 2.45) is 0 Å². The van der Waals surface area contributed by atoms with Gasteiger partial charge in [0.05, 0.1) is 12.7 Å². The third kappa shape index (κ3) is 2.18. The molecule has 0 saturated heterocycles. The van der Waals surface area contributed by atoms with Crippen molar-refractivity contribution >= 4 is 11.5 Å². The SMILES string of the molecule is C=C(C(=O)O)c1cc(C)c(OC)c(C)c1. The second kappa shape index (κ2) is 4.17. The van der Waals surface area contributed by atoms with Gasteiger partial charge >= 0.3 is 5.97 Å². The van der Waals surface area contributed by atoms with Gasteiger partial charge in [0.1, 0.15) is 5.75 Å². The van der Waals surface area contributed by atoms with Crippen molar-refractivity contribution in [1.82, 2.24) is 0 Å². The Morgan fingerprint density at radius 3 is 2.13 bits per heavy atom. The van der Waals surface area contributed by atoms with Crippen LogP contribution >= 0.6 is 0 Å². The van der Waals surface area contributed by atoms with Crippen LogP contribution in [0.25, 0.3) is 5.57 Å². The molecule has 1 aromatic rings. The molecule has 1 N–H and O–H groups in total. The number of benzene rings is 1. The van der Waals surface area contributed by atoms with Crippen molar-refractivity contribution in [1.29, 1.82) is 0 Å². The number of aryl methyl sites for hydroxylation is 2. The summed E-state index contributed by atoms with van der Waals surface area (Å²) in [6.07, 6.45) is 0. The van der Waals surface area contributed by atoms with Crippen LogP contribution in [-0.2, 0) is 4.79 Å². The Bertz CT molecular complexity index is 396. The van der Waals surface area contributed by atoms with Crippen molar-refractivity contribution in [3.63, 3.8) is 0 Å². The van der Waals surface area contributed by atoms with Crippen LogP contribution in [0.5, 0.6) is 5.75 Å². The van der Waals surface area contributed by atoms with E-state index in [1.807, 2.05) is 13.8 Å². The molecule has 0 fully saturated rings. The van der Waals surface area contributed by atoms with Crippen molar-refractivity contribution in [2.45, 2.75) is 13.8 Å². The minimum absolute atomic E-state index is 0.101. The fraction of sp³-hybridized carbons (Fsp3) is 0.250. The first kappa shape index (κ1) is 11.3. The molecule has 0 unspecified atom stereocenters. The van der Waals surface area contributed by atoms with E-state index in [9.17, 15) is 4.79 Å². The van der Waals surface area contributed by atoms with Gasteiger partial charge in [-0.1, -0.05) is 6.58 Å². The number of hydrogen-bond acceptors (Lipinski definition) is 2. The highest BCUT2D eigenvalue weighted by Gasteiger charge is 2.11. The number of rotatable bonds is 3. The second-order valence-electron chi connectivity index (χ2n) is 3.43. The highest BCUT2D eigenvalue weighted by molar-refractivity contribution is 6.14. The van der Waals surface area contributed by atoms with Gasteiger partial charge in [-0.15, -0.1) is 0 Å². The molecule has 0 bridgehead atoms. The zero-order valence-corrected chi connectivity index (χ0v) is 9.13. The molecule has 0 radical (unpaired) electrons. The predicted molar refractivity (Wildman–Crippen MR) is 59.1 cm³/mol. The molecule has 0 atom stereocenters. The zero-order chi connectivity index (χ0) is 11.6. The van der Waals surface area contributed by atoms with Crippen LogP contribution in [-0.4, -0.2) is 18.2 Å². The van der Waals surface area contributed by atoms with E-state index in [1.165, 1.54) is 0 Å². The maximum Gasteiger partial charge on any atom is 0.335 e. The van der Waals surface area contributed by atoms with Gasteiger partial charge in [0.25, 0.3) is 0 Å². The van der Waals surface area contributed by atoms with Gasteiger partial charge < -0.3 is 9.84 Å². The maximum absolute atomic E-state index is 10.7. The van der Waals surface area contributed by atoms with Gasteiger partial charge in [0.15, 0.2) is 0 Å². The van der Waals surface area contributed by atoms with Crippen LogP contribution in [0, 0.1) is 13.8 Å². The summed E-state index contributed by atoms with van der Waals surface area (Å²) in [7, 11) is 1.60. The van der Waals surface area contributed by atoms with Crippen LogP contribution in [0.3, 0.4) is 0 Å². The number of hydrogen-bond donors (Lipinski definition) is 1. The number of aliphatic carboxylic acids is 1. The van der Waals surface area contributed by atoms with Gasteiger partial charge in [-0.05, 0) is 42.7 Å². The topological polar surface area (TPSA) is 46.5 Å². The molecule has 1 aromatic carbocycles. The number of carboxylic acids is 1. The third-order valence-corrected chi connectivity index (χ3v) is 2.27. The zero-order valence-electron chi connectivity index (χ0n) is 9.13. The fourth-order valence-electron chi connectivity index (χ4n) is 1.57. The molecule has 0 heterocycles. The average Bonchev–Trinajstić information content (AvgIpc) is 2.15. The molecule has 3 nitrogen and oxygen atoms in total. The van der Waals surface area contributed by atoms with E-state index in [1.54, 1.807) is 19.2 Å². The Morgan fingerprint density at radius 2 is 1.80 bits per heavy atom. The number of carboxylic acid groups (broad SMARTS) is 1. The summed E-state index contributed by atoms with van der Waals surface area (Å²) < 4.78 is 5.19.